The zero-order chi connectivity index (χ0) is 14.5. The Morgan fingerprint density at radius 1 is 1.40 bits per heavy atom. The van der Waals surface area contributed by atoms with Gasteiger partial charge in [-0.25, -0.2) is 4.79 Å². The number of aromatic nitrogens is 2. The van der Waals surface area contributed by atoms with Crippen LogP contribution >= 0.6 is 11.6 Å². The molecule has 0 fully saturated rings. The maximum atomic E-state index is 11.7. The van der Waals surface area contributed by atoms with Crippen LogP contribution in [0.4, 0.5) is 10.5 Å². The van der Waals surface area contributed by atoms with Crippen LogP contribution in [0, 0.1) is 13.8 Å². The number of halogens is 1. The van der Waals surface area contributed by atoms with E-state index in [0.717, 1.165) is 5.56 Å². The molecule has 106 valence electrons. The SMILES string of the molecule is Cc1noc(CCNC(=O)Nc2ccc(C)c(Cl)c2)n1. The molecule has 0 saturated heterocycles. The van der Waals surface area contributed by atoms with Crippen molar-refractivity contribution in [3.05, 3.63) is 40.5 Å². The molecule has 0 atom stereocenters. The van der Waals surface area contributed by atoms with E-state index in [0.29, 0.717) is 35.4 Å². The first kappa shape index (κ1) is 14.3. The van der Waals surface area contributed by atoms with Gasteiger partial charge in [0.15, 0.2) is 5.82 Å². The van der Waals surface area contributed by atoms with Crippen LogP contribution in [0.25, 0.3) is 0 Å². The summed E-state index contributed by atoms with van der Waals surface area (Å²) in [5, 5.41) is 9.69. The van der Waals surface area contributed by atoms with Crippen molar-refractivity contribution in [1.29, 1.82) is 0 Å². The van der Waals surface area contributed by atoms with Crippen LogP contribution in [0.1, 0.15) is 17.3 Å². The number of benzene rings is 1. The number of nitrogens with zero attached hydrogens (tertiary/aromatic N) is 2. The average molecular weight is 295 g/mol. The van der Waals surface area contributed by atoms with Crippen LogP contribution in [0.3, 0.4) is 0 Å². The highest BCUT2D eigenvalue weighted by Crippen LogP contribution is 2.19. The molecule has 2 amide bonds. The minimum Gasteiger partial charge on any atom is -0.339 e. The third kappa shape index (κ3) is 3.96. The Morgan fingerprint density at radius 2 is 2.20 bits per heavy atom. The molecule has 1 aromatic carbocycles. The van der Waals surface area contributed by atoms with E-state index in [1.807, 2.05) is 13.0 Å². The molecule has 0 spiro atoms. The van der Waals surface area contributed by atoms with E-state index in [1.165, 1.54) is 0 Å². The zero-order valence-electron chi connectivity index (χ0n) is 11.2. The minimum atomic E-state index is -0.304. The van der Waals surface area contributed by atoms with Gasteiger partial charge in [-0.15, -0.1) is 0 Å². The summed E-state index contributed by atoms with van der Waals surface area (Å²) in [5.74, 6) is 1.08. The summed E-state index contributed by atoms with van der Waals surface area (Å²) in [5.41, 5.74) is 1.61. The number of amides is 2. The maximum Gasteiger partial charge on any atom is 0.319 e. The summed E-state index contributed by atoms with van der Waals surface area (Å²) < 4.78 is 4.94. The third-order valence-electron chi connectivity index (χ3n) is 2.62. The molecule has 2 aromatic rings. The number of urea groups is 1. The normalized spacial score (nSPS) is 10.3. The van der Waals surface area contributed by atoms with Gasteiger partial charge in [-0.3, -0.25) is 0 Å². The van der Waals surface area contributed by atoms with Crippen LogP contribution in [-0.2, 0) is 6.42 Å². The predicted molar refractivity (Wildman–Crippen MR) is 75.9 cm³/mol. The van der Waals surface area contributed by atoms with Crippen LogP contribution in [-0.4, -0.2) is 22.7 Å². The highest BCUT2D eigenvalue weighted by molar-refractivity contribution is 6.31. The predicted octanol–water partition coefficient (Wildman–Crippen LogP) is 2.70. The van der Waals surface area contributed by atoms with Gasteiger partial charge >= 0.3 is 6.03 Å². The molecule has 20 heavy (non-hydrogen) atoms. The van der Waals surface area contributed by atoms with Crippen molar-refractivity contribution >= 4 is 23.3 Å². The highest BCUT2D eigenvalue weighted by atomic mass is 35.5. The van der Waals surface area contributed by atoms with E-state index in [9.17, 15) is 4.79 Å². The largest absolute Gasteiger partial charge is 0.339 e. The molecule has 2 rings (SSSR count). The molecule has 1 aromatic heterocycles. The minimum absolute atomic E-state index is 0.304. The molecule has 0 unspecified atom stereocenters. The van der Waals surface area contributed by atoms with Crippen LogP contribution in [0.2, 0.25) is 5.02 Å². The molecule has 0 bridgehead atoms. The zero-order valence-corrected chi connectivity index (χ0v) is 12.0. The van der Waals surface area contributed by atoms with E-state index in [1.54, 1.807) is 19.1 Å². The molecular weight excluding hydrogens is 280 g/mol. The van der Waals surface area contributed by atoms with Crippen molar-refractivity contribution in [3.63, 3.8) is 0 Å². The fraction of sp³-hybridized carbons (Fsp3) is 0.308. The molecule has 0 radical (unpaired) electrons. The Kier molecular flexibility index (Phi) is 4.57. The number of anilines is 1. The van der Waals surface area contributed by atoms with Gasteiger partial charge in [0.1, 0.15) is 0 Å². The third-order valence-corrected chi connectivity index (χ3v) is 3.03. The van der Waals surface area contributed by atoms with Crippen molar-refractivity contribution in [2.75, 3.05) is 11.9 Å². The molecule has 2 N–H and O–H groups in total. The standard InChI is InChI=1S/C13H15ClN4O2/c1-8-3-4-10(7-11(8)14)17-13(19)15-6-5-12-16-9(2)18-20-12/h3-4,7H,5-6H2,1-2H3,(H2,15,17,19). The van der Waals surface area contributed by atoms with E-state index >= 15 is 0 Å². The number of rotatable bonds is 4. The first-order valence-electron chi connectivity index (χ1n) is 6.15. The lowest BCUT2D eigenvalue weighted by atomic mass is 10.2. The summed E-state index contributed by atoms with van der Waals surface area (Å²) >= 11 is 5.98. The van der Waals surface area contributed by atoms with Gasteiger partial charge < -0.3 is 15.2 Å². The quantitative estimate of drug-likeness (QED) is 0.908. The number of aryl methyl sites for hydroxylation is 2. The lowest BCUT2D eigenvalue weighted by molar-refractivity contribution is 0.252. The van der Waals surface area contributed by atoms with Gasteiger partial charge in [0.05, 0.1) is 0 Å². The smallest absolute Gasteiger partial charge is 0.319 e. The van der Waals surface area contributed by atoms with E-state index in [2.05, 4.69) is 20.8 Å². The van der Waals surface area contributed by atoms with Gasteiger partial charge in [-0.1, -0.05) is 22.8 Å². The van der Waals surface area contributed by atoms with Crippen LogP contribution in [0.5, 0.6) is 0 Å². The lowest BCUT2D eigenvalue weighted by Crippen LogP contribution is -2.30. The van der Waals surface area contributed by atoms with Crippen molar-refractivity contribution in [2.45, 2.75) is 20.3 Å². The van der Waals surface area contributed by atoms with Gasteiger partial charge in [0.2, 0.25) is 5.89 Å². The van der Waals surface area contributed by atoms with Crippen molar-refractivity contribution < 1.29 is 9.32 Å². The van der Waals surface area contributed by atoms with E-state index in [-0.39, 0.29) is 6.03 Å². The highest BCUT2D eigenvalue weighted by Gasteiger charge is 2.05. The second kappa shape index (κ2) is 6.38. The summed E-state index contributed by atoms with van der Waals surface area (Å²) in [6, 6.07) is 5.04. The fourth-order valence-electron chi connectivity index (χ4n) is 1.57. The summed E-state index contributed by atoms with van der Waals surface area (Å²) in [6.07, 6.45) is 0.489. The Hall–Kier alpha value is -2.08. The lowest BCUT2D eigenvalue weighted by Gasteiger charge is -2.07. The molecule has 0 aliphatic rings. The van der Waals surface area contributed by atoms with Gasteiger partial charge in [-0.2, -0.15) is 4.98 Å². The Balaban J connectivity index is 1.79. The number of nitrogens with one attached hydrogen (secondary N) is 2. The Labute approximate surface area is 121 Å². The monoisotopic (exact) mass is 294 g/mol. The van der Waals surface area contributed by atoms with E-state index in [4.69, 9.17) is 16.1 Å². The van der Waals surface area contributed by atoms with Gasteiger partial charge in [0, 0.05) is 23.7 Å². The summed E-state index contributed by atoms with van der Waals surface area (Å²) in [7, 11) is 0. The second-order valence-corrected chi connectivity index (χ2v) is 4.74. The van der Waals surface area contributed by atoms with Gasteiger partial charge in [-0.05, 0) is 31.5 Å². The van der Waals surface area contributed by atoms with Crippen molar-refractivity contribution in [3.8, 4) is 0 Å². The summed E-state index contributed by atoms with van der Waals surface area (Å²) in [4.78, 5) is 15.7. The van der Waals surface area contributed by atoms with Crippen LogP contribution < -0.4 is 10.6 Å². The van der Waals surface area contributed by atoms with Gasteiger partial charge in [0.25, 0.3) is 0 Å². The average Bonchev–Trinajstić information content (AvgIpc) is 2.80. The maximum absolute atomic E-state index is 11.7. The number of hydrogen-bond donors (Lipinski definition) is 2. The first-order valence-corrected chi connectivity index (χ1v) is 6.52. The first-order chi connectivity index (χ1) is 9.54. The molecule has 0 aliphatic heterocycles. The Morgan fingerprint density at radius 3 is 2.85 bits per heavy atom. The molecule has 1 heterocycles. The van der Waals surface area contributed by atoms with Crippen molar-refractivity contribution in [2.24, 2.45) is 0 Å². The number of carbonyl (C=O) groups is 1. The number of carbonyl (C=O) groups excluding carboxylic acids is 1. The van der Waals surface area contributed by atoms with Crippen molar-refractivity contribution in [1.82, 2.24) is 15.5 Å². The fourth-order valence-corrected chi connectivity index (χ4v) is 1.75. The molecule has 0 aliphatic carbocycles. The Bertz CT molecular complexity index is 612. The second-order valence-electron chi connectivity index (χ2n) is 4.33. The topological polar surface area (TPSA) is 80.0 Å². The molecule has 6 nitrogen and oxygen atoms in total. The van der Waals surface area contributed by atoms with Crippen LogP contribution in [0.15, 0.2) is 22.7 Å². The molecular formula is C13H15ClN4O2. The molecule has 7 heteroatoms. The van der Waals surface area contributed by atoms with E-state index < -0.39 is 0 Å². The number of hydrogen-bond acceptors (Lipinski definition) is 4. The molecule has 0 saturated carbocycles. The summed E-state index contributed by atoms with van der Waals surface area (Å²) in [6.45, 7) is 4.06.